The zero-order chi connectivity index (χ0) is 12.4. The van der Waals surface area contributed by atoms with E-state index in [9.17, 15) is 4.79 Å². The number of benzene rings is 1. The van der Waals surface area contributed by atoms with Crippen molar-refractivity contribution in [2.24, 2.45) is 0 Å². The number of nitrogens with zero attached hydrogens (tertiary/aromatic N) is 1. The van der Waals surface area contributed by atoms with Crippen LogP contribution >= 0.6 is 0 Å². The van der Waals surface area contributed by atoms with Crippen LogP contribution in [0.4, 0.5) is 0 Å². The van der Waals surface area contributed by atoms with Crippen molar-refractivity contribution in [1.29, 1.82) is 0 Å². The Morgan fingerprint density at radius 2 is 2.00 bits per heavy atom. The van der Waals surface area contributed by atoms with Gasteiger partial charge in [-0.2, -0.15) is 5.10 Å². The summed E-state index contributed by atoms with van der Waals surface area (Å²) in [6.07, 6.45) is -0.105. The molecule has 90 valence electrons. The van der Waals surface area contributed by atoms with E-state index < -0.39 is 5.97 Å². The molecule has 0 unspecified atom stereocenters. The molecule has 17 heavy (non-hydrogen) atoms. The average Bonchev–Trinajstić information content (AvgIpc) is 2.69. The summed E-state index contributed by atoms with van der Waals surface area (Å²) in [7, 11) is 3.06. The van der Waals surface area contributed by atoms with Crippen molar-refractivity contribution in [1.82, 2.24) is 10.2 Å². The molecule has 0 aliphatic heterocycles. The molecule has 0 aliphatic carbocycles. The molecule has 0 radical (unpaired) electrons. The van der Waals surface area contributed by atoms with Gasteiger partial charge in [-0.15, -0.1) is 0 Å². The van der Waals surface area contributed by atoms with Crippen LogP contribution in [-0.4, -0.2) is 35.5 Å². The van der Waals surface area contributed by atoms with Gasteiger partial charge in [-0.05, 0) is 6.07 Å². The van der Waals surface area contributed by atoms with Gasteiger partial charge in [0.15, 0.2) is 11.5 Å². The normalized spacial score (nSPS) is 10.5. The molecule has 0 amide bonds. The summed E-state index contributed by atoms with van der Waals surface area (Å²) >= 11 is 0. The quantitative estimate of drug-likeness (QED) is 0.833. The number of nitrogens with one attached hydrogen (secondary N) is 1. The lowest BCUT2D eigenvalue weighted by molar-refractivity contribution is -0.136. The van der Waals surface area contributed by atoms with E-state index >= 15 is 0 Å². The van der Waals surface area contributed by atoms with Gasteiger partial charge in [0, 0.05) is 11.5 Å². The summed E-state index contributed by atoms with van der Waals surface area (Å²) in [6.45, 7) is 0. The number of H-pyrrole nitrogens is 1. The molecule has 0 bridgehead atoms. The smallest absolute Gasteiger partial charge is 0.309 e. The third-order valence-corrected chi connectivity index (χ3v) is 2.47. The number of carboxylic acids is 1. The van der Waals surface area contributed by atoms with E-state index in [-0.39, 0.29) is 6.42 Å². The van der Waals surface area contributed by atoms with Gasteiger partial charge in [0.25, 0.3) is 0 Å². The summed E-state index contributed by atoms with van der Waals surface area (Å²) in [4.78, 5) is 10.7. The number of carbonyl (C=O) groups is 1. The Hall–Kier alpha value is -2.24. The Balaban J connectivity index is 2.56. The fourth-order valence-electron chi connectivity index (χ4n) is 1.68. The largest absolute Gasteiger partial charge is 0.493 e. The fourth-order valence-corrected chi connectivity index (χ4v) is 1.68. The number of aliphatic carboxylic acids is 1. The summed E-state index contributed by atoms with van der Waals surface area (Å²) in [5.74, 6) is 0.201. The van der Waals surface area contributed by atoms with Crippen molar-refractivity contribution >= 4 is 16.9 Å². The second kappa shape index (κ2) is 4.32. The van der Waals surface area contributed by atoms with Gasteiger partial charge in [-0.3, -0.25) is 9.89 Å². The predicted octanol–water partition coefficient (Wildman–Crippen LogP) is 1.21. The maximum atomic E-state index is 10.7. The second-order valence-corrected chi connectivity index (χ2v) is 3.50. The molecule has 6 nitrogen and oxygen atoms in total. The number of rotatable bonds is 4. The highest BCUT2D eigenvalue weighted by Crippen LogP contribution is 2.32. The Labute approximate surface area is 97.2 Å². The molecule has 0 saturated heterocycles. The van der Waals surface area contributed by atoms with Crippen molar-refractivity contribution in [3.63, 3.8) is 0 Å². The average molecular weight is 236 g/mol. The fraction of sp³-hybridized carbons (Fsp3) is 0.273. The van der Waals surface area contributed by atoms with Crippen LogP contribution in [0.1, 0.15) is 5.69 Å². The summed E-state index contributed by atoms with van der Waals surface area (Å²) < 4.78 is 10.3. The monoisotopic (exact) mass is 236 g/mol. The van der Waals surface area contributed by atoms with Crippen molar-refractivity contribution in [3.8, 4) is 11.5 Å². The third kappa shape index (κ3) is 2.01. The molecule has 1 aromatic carbocycles. The predicted molar refractivity (Wildman–Crippen MR) is 60.5 cm³/mol. The lowest BCUT2D eigenvalue weighted by atomic mass is 10.1. The van der Waals surface area contributed by atoms with Crippen LogP contribution in [0.3, 0.4) is 0 Å². The molecule has 2 rings (SSSR count). The van der Waals surface area contributed by atoms with Crippen LogP contribution in [0.15, 0.2) is 12.1 Å². The Kier molecular flexibility index (Phi) is 2.86. The van der Waals surface area contributed by atoms with E-state index in [0.717, 1.165) is 5.39 Å². The van der Waals surface area contributed by atoms with Gasteiger partial charge >= 0.3 is 5.97 Å². The first kappa shape index (κ1) is 11.3. The van der Waals surface area contributed by atoms with Gasteiger partial charge in [0.2, 0.25) is 0 Å². The maximum Gasteiger partial charge on any atom is 0.309 e. The molecular formula is C11H12N2O4. The molecule has 1 heterocycles. The number of aromatic nitrogens is 2. The molecule has 6 heteroatoms. The second-order valence-electron chi connectivity index (χ2n) is 3.50. The first-order chi connectivity index (χ1) is 8.15. The first-order valence-corrected chi connectivity index (χ1v) is 4.96. The highest BCUT2D eigenvalue weighted by molar-refractivity contribution is 5.87. The molecule has 0 fully saturated rings. The van der Waals surface area contributed by atoms with Crippen LogP contribution < -0.4 is 9.47 Å². The number of hydrogen-bond acceptors (Lipinski definition) is 4. The van der Waals surface area contributed by atoms with Crippen LogP contribution in [-0.2, 0) is 11.2 Å². The first-order valence-electron chi connectivity index (χ1n) is 4.96. The van der Waals surface area contributed by atoms with Gasteiger partial charge in [0.1, 0.15) is 0 Å². The molecule has 2 aromatic rings. The highest BCUT2D eigenvalue weighted by Gasteiger charge is 2.13. The number of methoxy groups -OCH3 is 2. The molecule has 0 atom stereocenters. The Morgan fingerprint density at radius 1 is 1.35 bits per heavy atom. The van der Waals surface area contributed by atoms with Crippen LogP contribution in [0.5, 0.6) is 11.5 Å². The minimum absolute atomic E-state index is 0.105. The van der Waals surface area contributed by atoms with Gasteiger partial charge < -0.3 is 14.6 Å². The zero-order valence-electron chi connectivity index (χ0n) is 9.48. The van der Waals surface area contributed by atoms with Gasteiger partial charge in [0.05, 0.1) is 31.9 Å². The molecule has 2 N–H and O–H groups in total. The van der Waals surface area contributed by atoms with Crippen LogP contribution in [0.2, 0.25) is 0 Å². The van der Waals surface area contributed by atoms with E-state index in [2.05, 4.69) is 10.2 Å². The summed E-state index contributed by atoms with van der Waals surface area (Å²) in [5, 5.41) is 16.2. The number of fused-ring (bicyclic) bond motifs is 1. The van der Waals surface area contributed by atoms with E-state index in [0.29, 0.717) is 22.7 Å². The van der Waals surface area contributed by atoms with Crippen molar-refractivity contribution < 1.29 is 19.4 Å². The topological polar surface area (TPSA) is 84.4 Å². The Bertz CT molecular complexity index is 562. The molecule has 1 aromatic heterocycles. The molecule has 0 aliphatic rings. The summed E-state index contributed by atoms with van der Waals surface area (Å²) in [6, 6.07) is 3.42. The third-order valence-electron chi connectivity index (χ3n) is 2.47. The molecule has 0 spiro atoms. The van der Waals surface area contributed by atoms with Gasteiger partial charge in [-0.25, -0.2) is 0 Å². The lowest BCUT2D eigenvalue weighted by Crippen LogP contribution is -2.00. The zero-order valence-corrected chi connectivity index (χ0v) is 9.48. The standard InChI is InChI=1S/C11H12N2O4/c1-16-9-3-6-7(4-10(9)17-2)12-13-8(6)5-11(14)15/h3-4H,5H2,1-2H3,(H,12,13)(H,14,15). The maximum absolute atomic E-state index is 10.7. The van der Waals surface area contributed by atoms with Crippen LogP contribution in [0, 0.1) is 0 Å². The number of carboxylic acid groups (broad SMARTS) is 1. The van der Waals surface area contributed by atoms with E-state index in [1.165, 1.54) is 14.2 Å². The van der Waals surface area contributed by atoms with E-state index in [1.54, 1.807) is 12.1 Å². The number of aromatic amines is 1. The lowest BCUT2D eigenvalue weighted by Gasteiger charge is -2.06. The van der Waals surface area contributed by atoms with Crippen LogP contribution in [0.25, 0.3) is 10.9 Å². The van der Waals surface area contributed by atoms with Crippen molar-refractivity contribution in [2.75, 3.05) is 14.2 Å². The van der Waals surface area contributed by atoms with Crippen molar-refractivity contribution in [3.05, 3.63) is 17.8 Å². The number of hydrogen-bond donors (Lipinski definition) is 2. The SMILES string of the molecule is COc1cc2n[nH]c(CC(=O)O)c2cc1OC. The minimum atomic E-state index is -0.912. The van der Waals surface area contributed by atoms with E-state index in [4.69, 9.17) is 14.6 Å². The summed E-state index contributed by atoms with van der Waals surface area (Å²) in [5.41, 5.74) is 1.20. The number of ether oxygens (including phenoxy) is 2. The van der Waals surface area contributed by atoms with Gasteiger partial charge in [-0.1, -0.05) is 0 Å². The molecular weight excluding hydrogens is 224 g/mol. The highest BCUT2D eigenvalue weighted by atomic mass is 16.5. The van der Waals surface area contributed by atoms with Crippen molar-refractivity contribution in [2.45, 2.75) is 6.42 Å². The molecule has 0 saturated carbocycles. The minimum Gasteiger partial charge on any atom is -0.493 e. The van der Waals surface area contributed by atoms with E-state index in [1.807, 2.05) is 0 Å². The Morgan fingerprint density at radius 3 is 2.59 bits per heavy atom.